The summed E-state index contributed by atoms with van der Waals surface area (Å²) in [6, 6.07) is 11.4. The monoisotopic (exact) mass is 468 g/mol. The highest BCUT2D eigenvalue weighted by Gasteiger charge is 2.26. The van der Waals surface area contributed by atoms with E-state index in [1.54, 1.807) is 21.9 Å². The molecule has 0 bridgehead atoms. The molecule has 3 aromatic rings. The lowest BCUT2D eigenvalue weighted by molar-refractivity contribution is -0.129. The van der Waals surface area contributed by atoms with E-state index in [-0.39, 0.29) is 23.0 Å². The lowest BCUT2D eigenvalue weighted by atomic mass is 9.87. The van der Waals surface area contributed by atoms with E-state index in [1.165, 1.54) is 28.3 Å². The van der Waals surface area contributed by atoms with Gasteiger partial charge in [-0.2, -0.15) is 0 Å². The second kappa shape index (κ2) is 9.30. The quantitative estimate of drug-likeness (QED) is 0.453. The van der Waals surface area contributed by atoms with Crippen molar-refractivity contribution in [1.29, 1.82) is 0 Å². The van der Waals surface area contributed by atoms with Crippen LogP contribution in [0.2, 0.25) is 0 Å². The van der Waals surface area contributed by atoms with E-state index in [9.17, 15) is 9.59 Å². The molecule has 9 nitrogen and oxygen atoms in total. The number of aromatic nitrogens is 3. The number of hydrogen-bond donors (Lipinski definition) is 1. The Morgan fingerprint density at radius 2 is 1.70 bits per heavy atom. The molecule has 2 amide bonds. The molecule has 1 fully saturated rings. The summed E-state index contributed by atoms with van der Waals surface area (Å²) >= 11 is 1.25. The fourth-order valence-electron chi connectivity index (χ4n) is 3.62. The average molecular weight is 469 g/mol. The number of piperazine rings is 1. The third kappa shape index (κ3) is 5.05. The van der Waals surface area contributed by atoms with Crippen LogP contribution in [0.5, 0.6) is 0 Å². The van der Waals surface area contributed by atoms with Crippen LogP contribution in [0, 0.1) is 0 Å². The molecule has 174 valence electrons. The van der Waals surface area contributed by atoms with E-state index in [0.29, 0.717) is 42.9 Å². The summed E-state index contributed by atoms with van der Waals surface area (Å²) < 4.78 is 6.59. The van der Waals surface area contributed by atoms with Crippen LogP contribution in [0.4, 0.5) is 0 Å². The first kappa shape index (κ1) is 22.9. The highest BCUT2D eigenvalue weighted by molar-refractivity contribution is 7.99. The van der Waals surface area contributed by atoms with Crippen molar-refractivity contribution in [2.45, 2.75) is 31.3 Å². The molecule has 1 aliphatic rings. The Morgan fingerprint density at radius 1 is 1.03 bits per heavy atom. The van der Waals surface area contributed by atoms with Crippen molar-refractivity contribution in [3.8, 4) is 11.4 Å². The molecular formula is C23H28N6O3S. The lowest BCUT2D eigenvalue weighted by Crippen LogP contribution is -2.51. The average Bonchev–Trinajstić information content (AvgIpc) is 3.47. The Bertz CT molecular complexity index is 1110. The minimum atomic E-state index is -0.152. The number of furan rings is 1. The second-order valence-electron chi connectivity index (χ2n) is 8.94. The Balaban J connectivity index is 1.31. The molecule has 0 spiro atoms. The van der Waals surface area contributed by atoms with Crippen LogP contribution >= 0.6 is 11.8 Å². The highest BCUT2D eigenvalue weighted by atomic mass is 32.2. The zero-order valence-electron chi connectivity index (χ0n) is 19.0. The number of nitrogen functional groups attached to an aromatic ring is 1. The van der Waals surface area contributed by atoms with Gasteiger partial charge in [-0.25, -0.2) is 4.68 Å². The van der Waals surface area contributed by atoms with Crippen molar-refractivity contribution in [1.82, 2.24) is 24.7 Å². The number of hydrogen-bond acceptors (Lipinski definition) is 7. The first-order chi connectivity index (χ1) is 15.7. The van der Waals surface area contributed by atoms with E-state index < -0.39 is 0 Å². The standard InChI is InChI=1S/C23H28N6O3S/c1-23(2,3)17-8-6-16(7-9-17)20-25-26-22(29(20)24)33-15-19(30)27-10-12-28(13-11-27)21(31)18-5-4-14-32-18/h4-9,14H,10-13,15,24H2,1-3H3. The molecule has 0 unspecified atom stereocenters. The number of carbonyl (C=O) groups is 2. The maximum atomic E-state index is 12.7. The van der Waals surface area contributed by atoms with Crippen LogP contribution in [0.3, 0.4) is 0 Å². The molecular weight excluding hydrogens is 440 g/mol. The van der Waals surface area contributed by atoms with Crippen LogP contribution in [-0.2, 0) is 10.2 Å². The Labute approximate surface area is 196 Å². The SMILES string of the molecule is CC(C)(C)c1ccc(-c2nnc(SCC(=O)N3CCN(C(=O)c4ccco4)CC3)n2N)cc1. The van der Waals surface area contributed by atoms with Crippen molar-refractivity contribution in [2.75, 3.05) is 37.8 Å². The Hall–Kier alpha value is -3.27. The zero-order chi connectivity index (χ0) is 23.6. The summed E-state index contributed by atoms with van der Waals surface area (Å²) in [4.78, 5) is 28.5. The summed E-state index contributed by atoms with van der Waals surface area (Å²) in [6.07, 6.45) is 1.48. The molecule has 0 radical (unpaired) electrons. The first-order valence-corrected chi connectivity index (χ1v) is 11.8. The summed E-state index contributed by atoms with van der Waals surface area (Å²) in [6.45, 7) is 8.39. The fraction of sp³-hybridized carbons (Fsp3) is 0.391. The van der Waals surface area contributed by atoms with Crippen molar-refractivity contribution < 1.29 is 14.0 Å². The molecule has 1 saturated heterocycles. The predicted octanol–water partition coefficient (Wildman–Crippen LogP) is 2.63. The number of rotatable bonds is 5. The molecule has 1 aromatic carbocycles. The van der Waals surface area contributed by atoms with Gasteiger partial charge in [-0.05, 0) is 23.1 Å². The molecule has 0 atom stereocenters. The van der Waals surface area contributed by atoms with Crippen molar-refractivity contribution >= 4 is 23.6 Å². The minimum Gasteiger partial charge on any atom is -0.459 e. The molecule has 1 aliphatic heterocycles. The van der Waals surface area contributed by atoms with E-state index in [2.05, 4.69) is 43.1 Å². The van der Waals surface area contributed by atoms with E-state index >= 15 is 0 Å². The molecule has 33 heavy (non-hydrogen) atoms. The number of thioether (sulfide) groups is 1. The molecule has 10 heteroatoms. The van der Waals surface area contributed by atoms with Gasteiger partial charge in [0.2, 0.25) is 11.1 Å². The highest BCUT2D eigenvalue weighted by Crippen LogP contribution is 2.26. The lowest BCUT2D eigenvalue weighted by Gasteiger charge is -2.34. The Kier molecular flexibility index (Phi) is 6.46. The third-order valence-electron chi connectivity index (χ3n) is 5.65. The van der Waals surface area contributed by atoms with Crippen LogP contribution < -0.4 is 5.84 Å². The molecule has 2 aromatic heterocycles. The summed E-state index contributed by atoms with van der Waals surface area (Å²) in [5.41, 5.74) is 2.16. The van der Waals surface area contributed by atoms with Crippen molar-refractivity contribution in [3.63, 3.8) is 0 Å². The summed E-state index contributed by atoms with van der Waals surface area (Å²) in [5.74, 6) is 7.11. The predicted molar refractivity (Wildman–Crippen MR) is 126 cm³/mol. The topological polar surface area (TPSA) is 110 Å². The molecule has 2 N–H and O–H groups in total. The van der Waals surface area contributed by atoms with E-state index in [1.807, 2.05) is 12.1 Å². The fourth-order valence-corrected chi connectivity index (χ4v) is 4.38. The summed E-state index contributed by atoms with van der Waals surface area (Å²) in [7, 11) is 0. The Morgan fingerprint density at radius 3 is 2.30 bits per heavy atom. The van der Waals surface area contributed by atoms with Gasteiger partial charge < -0.3 is 20.1 Å². The van der Waals surface area contributed by atoms with Gasteiger partial charge in [-0.3, -0.25) is 9.59 Å². The van der Waals surface area contributed by atoms with Gasteiger partial charge in [0.15, 0.2) is 11.6 Å². The number of nitrogens with zero attached hydrogens (tertiary/aromatic N) is 5. The molecule has 0 saturated carbocycles. The van der Waals surface area contributed by atoms with Gasteiger partial charge in [-0.15, -0.1) is 10.2 Å². The van der Waals surface area contributed by atoms with Gasteiger partial charge in [0, 0.05) is 31.7 Å². The zero-order valence-corrected chi connectivity index (χ0v) is 19.8. The van der Waals surface area contributed by atoms with Crippen LogP contribution in [-0.4, -0.2) is 68.4 Å². The molecule has 0 aliphatic carbocycles. The minimum absolute atomic E-state index is 0.0239. The summed E-state index contributed by atoms with van der Waals surface area (Å²) in [5, 5.41) is 8.85. The van der Waals surface area contributed by atoms with Crippen LogP contribution in [0.1, 0.15) is 36.9 Å². The van der Waals surface area contributed by atoms with Gasteiger partial charge in [0.1, 0.15) is 0 Å². The smallest absolute Gasteiger partial charge is 0.289 e. The molecule has 4 rings (SSSR count). The number of amides is 2. The van der Waals surface area contributed by atoms with Crippen molar-refractivity contribution in [2.24, 2.45) is 0 Å². The van der Waals surface area contributed by atoms with Gasteiger partial charge in [0.25, 0.3) is 5.91 Å². The van der Waals surface area contributed by atoms with Gasteiger partial charge in [0.05, 0.1) is 12.0 Å². The number of nitrogens with two attached hydrogens (primary N) is 1. The van der Waals surface area contributed by atoms with Crippen LogP contribution in [0.25, 0.3) is 11.4 Å². The molecule has 3 heterocycles. The number of benzene rings is 1. The van der Waals surface area contributed by atoms with E-state index in [4.69, 9.17) is 10.3 Å². The second-order valence-corrected chi connectivity index (χ2v) is 9.88. The number of carbonyl (C=O) groups excluding carboxylic acids is 2. The van der Waals surface area contributed by atoms with Crippen molar-refractivity contribution in [3.05, 3.63) is 54.0 Å². The third-order valence-corrected chi connectivity index (χ3v) is 6.58. The van der Waals surface area contributed by atoms with Gasteiger partial charge in [-0.1, -0.05) is 56.8 Å². The van der Waals surface area contributed by atoms with Gasteiger partial charge >= 0.3 is 0 Å². The van der Waals surface area contributed by atoms with Crippen LogP contribution in [0.15, 0.2) is 52.2 Å². The first-order valence-electron chi connectivity index (χ1n) is 10.8. The maximum absolute atomic E-state index is 12.7. The maximum Gasteiger partial charge on any atom is 0.289 e. The normalized spacial score (nSPS) is 14.5. The van der Waals surface area contributed by atoms with E-state index in [0.717, 1.165) is 5.56 Å². The largest absolute Gasteiger partial charge is 0.459 e.